The van der Waals surface area contributed by atoms with Crippen LogP contribution in [0.4, 0.5) is 0 Å². The van der Waals surface area contributed by atoms with E-state index in [2.05, 4.69) is 15.5 Å². The van der Waals surface area contributed by atoms with Gasteiger partial charge in [0.25, 0.3) is 5.91 Å². The number of carbonyl (C=O) groups excluding carboxylic acids is 2. The fourth-order valence-electron chi connectivity index (χ4n) is 4.22. The molecule has 2 atom stereocenters. The fourth-order valence-corrected chi connectivity index (χ4v) is 4.22. The highest BCUT2D eigenvalue weighted by molar-refractivity contribution is 6.00. The van der Waals surface area contributed by atoms with E-state index in [-0.39, 0.29) is 24.0 Å². The molecule has 7 heteroatoms. The van der Waals surface area contributed by atoms with Crippen molar-refractivity contribution in [3.63, 3.8) is 0 Å². The van der Waals surface area contributed by atoms with Crippen LogP contribution in [0.3, 0.4) is 0 Å². The Bertz CT molecular complexity index is 679. The zero-order valence-corrected chi connectivity index (χ0v) is 14.2. The highest BCUT2D eigenvalue weighted by Gasteiger charge is 2.52. The van der Waals surface area contributed by atoms with Gasteiger partial charge in [0.05, 0.1) is 17.9 Å². The van der Waals surface area contributed by atoms with Gasteiger partial charge in [0.15, 0.2) is 5.69 Å². The summed E-state index contributed by atoms with van der Waals surface area (Å²) in [5.74, 6) is -0.125. The third kappa shape index (κ3) is 2.17. The number of amides is 2. The molecule has 0 unspecified atom stereocenters. The van der Waals surface area contributed by atoms with E-state index in [9.17, 15) is 9.59 Å². The minimum Gasteiger partial charge on any atom is -0.369 e. The number of ether oxygens (including phenoxy) is 1. The van der Waals surface area contributed by atoms with E-state index in [1.165, 1.54) is 0 Å². The highest BCUT2D eigenvalue weighted by atomic mass is 16.5. The highest BCUT2D eigenvalue weighted by Crippen LogP contribution is 2.40. The summed E-state index contributed by atoms with van der Waals surface area (Å²) in [6.45, 7) is 5.20. The van der Waals surface area contributed by atoms with Crippen LogP contribution in [0.15, 0.2) is 0 Å². The number of aromatic amines is 1. The summed E-state index contributed by atoms with van der Waals surface area (Å²) < 4.78 is 5.80. The third-order valence-corrected chi connectivity index (χ3v) is 5.65. The molecule has 0 aromatic carbocycles. The molecule has 3 heterocycles. The molecule has 130 valence electrons. The molecule has 2 amide bonds. The Balaban J connectivity index is 1.70. The van der Waals surface area contributed by atoms with E-state index < -0.39 is 5.54 Å². The van der Waals surface area contributed by atoms with E-state index in [0.29, 0.717) is 25.2 Å². The number of nitrogens with one attached hydrogen (secondary N) is 2. The molecular formula is C17H24N4O3. The minimum atomic E-state index is -0.665. The van der Waals surface area contributed by atoms with E-state index >= 15 is 0 Å². The van der Waals surface area contributed by atoms with Crippen LogP contribution in [0.5, 0.6) is 0 Å². The maximum atomic E-state index is 13.3. The number of hydrogen-bond acceptors (Lipinski definition) is 4. The lowest BCUT2D eigenvalue weighted by Gasteiger charge is -2.47. The Morgan fingerprint density at radius 1 is 1.33 bits per heavy atom. The number of carbonyl (C=O) groups is 2. The molecule has 24 heavy (non-hydrogen) atoms. The summed E-state index contributed by atoms with van der Waals surface area (Å²) in [6, 6.07) is 0. The lowest BCUT2D eigenvalue weighted by Crippen LogP contribution is -2.63. The molecule has 1 saturated heterocycles. The fraction of sp³-hybridized carbons (Fsp3) is 0.706. The molecule has 1 spiro atoms. The average molecular weight is 332 g/mol. The van der Waals surface area contributed by atoms with Gasteiger partial charge < -0.3 is 15.0 Å². The third-order valence-electron chi connectivity index (χ3n) is 5.65. The standard InChI is InChI=1S/C17H24N4O3/c1-10-9-12-13(11(2)24-10)19-20-14(12)15(22)21-8-4-7-18-16(23)17(21)5-3-6-17/h10-11H,3-9H2,1-2H3,(H,18,23)(H,19,20)/t10-,11+/m1/s1. The first-order valence-corrected chi connectivity index (χ1v) is 8.86. The minimum absolute atomic E-state index is 0.00549. The number of nitrogens with zero attached hydrogens (tertiary/aromatic N) is 2. The Morgan fingerprint density at radius 3 is 2.83 bits per heavy atom. The zero-order valence-electron chi connectivity index (χ0n) is 14.2. The topological polar surface area (TPSA) is 87.3 Å². The quantitative estimate of drug-likeness (QED) is 0.812. The second kappa shape index (κ2) is 5.58. The molecular weight excluding hydrogens is 308 g/mol. The van der Waals surface area contributed by atoms with Crippen molar-refractivity contribution in [2.75, 3.05) is 13.1 Å². The molecule has 1 aromatic rings. The van der Waals surface area contributed by atoms with Crippen LogP contribution < -0.4 is 5.32 Å². The second-order valence-corrected chi connectivity index (χ2v) is 7.21. The van der Waals surface area contributed by atoms with Gasteiger partial charge in [-0.1, -0.05) is 0 Å². The molecule has 0 bridgehead atoms. The van der Waals surface area contributed by atoms with Crippen LogP contribution in [0.25, 0.3) is 0 Å². The zero-order chi connectivity index (χ0) is 16.9. The van der Waals surface area contributed by atoms with Crippen LogP contribution in [0, 0.1) is 0 Å². The van der Waals surface area contributed by atoms with E-state index in [0.717, 1.165) is 36.9 Å². The maximum absolute atomic E-state index is 13.3. The van der Waals surface area contributed by atoms with E-state index in [1.54, 1.807) is 4.90 Å². The smallest absolute Gasteiger partial charge is 0.275 e. The number of aromatic nitrogens is 2. The molecule has 4 rings (SSSR count). The summed E-state index contributed by atoms with van der Waals surface area (Å²) in [6.07, 6.45) is 3.88. The maximum Gasteiger partial charge on any atom is 0.275 e. The lowest BCUT2D eigenvalue weighted by molar-refractivity contribution is -0.136. The van der Waals surface area contributed by atoms with Crippen LogP contribution in [-0.2, 0) is 16.0 Å². The molecule has 1 saturated carbocycles. The van der Waals surface area contributed by atoms with Crippen molar-refractivity contribution in [3.05, 3.63) is 17.0 Å². The predicted octanol–water partition coefficient (Wildman–Crippen LogP) is 1.32. The van der Waals surface area contributed by atoms with E-state index in [4.69, 9.17) is 4.74 Å². The Morgan fingerprint density at radius 2 is 2.12 bits per heavy atom. The van der Waals surface area contributed by atoms with Gasteiger partial charge in [-0.05, 0) is 39.5 Å². The molecule has 2 N–H and O–H groups in total. The van der Waals surface area contributed by atoms with Gasteiger partial charge in [0.1, 0.15) is 5.54 Å². The average Bonchev–Trinajstić information content (AvgIpc) is 2.82. The van der Waals surface area contributed by atoms with Gasteiger partial charge in [-0.2, -0.15) is 5.10 Å². The Hall–Kier alpha value is -1.89. The molecule has 1 aliphatic carbocycles. The van der Waals surface area contributed by atoms with Crippen molar-refractivity contribution in [2.45, 2.75) is 63.7 Å². The Kier molecular flexibility index (Phi) is 3.63. The van der Waals surface area contributed by atoms with Gasteiger partial charge in [0.2, 0.25) is 5.91 Å². The normalized spacial score (nSPS) is 28.8. The number of fused-ring (bicyclic) bond motifs is 1. The first-order valence-electron chi connectivity index (χ1n) is 8.86. The Labute approximate surface area is 141 Å². The van der Waals surface area contributed by atoms with Crippen molar-refractivity contribution < 1.29 is 14.3 Å². The monoisotopic (exact) mass is 332 g/mol. The summed E-state index contributed by atoms with van der Waals surface area (Å²) in [7, 11) is 0. The molecule has 0 radical (unpaired) electrons. The van der Waals surface area contributed by atoms with Crippen molar-refractivity contribution in [3.8, 4) is 0 Å². The predicted molar refractivity (Wildman–Crippen MR) is 86.5 cm³/mol. The van der Waals surface area contributed by atoms with Gasteiger partial charge in [0, 0.05) is 25.1 Å². The molecule has 3 aliphatic rings. The summed E-state index contributed by atoms with van der Waals surface area (Å²) in [5.41, 5.74) is 1.64. The van der Waals surface area contributed by atoms with Crippen LogP contribution in [0.1, 0.15) is 67.4 Å². The lowest BCUT2D eigenvalue weighted by atomic mass is 9.74. The van der Waals surface area contributed by atoms with Gasteiger partial charge >= 0.3 is 0 Å². The van der Waals surface area contributed by atoms with Crippen molar-refractivity contribution in [2.24, 2.45) is 0 Å². The first kappa shape index (κ1) is 15.6. The summed E-state index contributed by atoms with van der Waals surface area (Å²) in [4.78, 5) is 27.6. The van der Waals surface area contributed by atoms with Crippen molar-refractivity contribution in [1.29, 1.82) is 0 Å². The summed E-state index contributed by atoms with van der Waals surface area (Å²) >= 11 is 0. The van der Waals surface area contributed by atoms with Gasteiger partial charge in [-0.3, -0.25) is 14.7 Å². The van der Waals surface area contributed by atoms with Gasteiger partial charge in [-0.15, -0.1) is 0 Å². The van der Waals surface area contributed by atoms with Crippen molar-refractivity contribution in [1.82, 2.24) is 20.4 Å². The van der Waals surface area contributed by atoms with E-state index in [1.807, 2.05) is 13.8 Å². The number of rotatable bonds is 1. The molecule has 2 aliphatic heterocycles. The van der Waals surface area contributed by atoms with Gasteiger partial charge in [-0.25, -0.2) is 0 Å². The second-order valence-electron chi connectivity index (χ2n) is 7.21. The first-order chi connectivity index (χ1) is 11.5. The number of H-pyrrole nitrogens is 1. The van der Waals surface area contributed by atoms with Crippen LogP contribution >= 0.6 is 0 Å². The molecule has 7 nitrogen and oxygen atoms in total. The largest absolute Gasteiger partial charge is 0.369 e. The van der Waals surface area contributed by atoms with Crippen LogP contribution in [0.2, 0.25) is 0 Å². The summed E-state index contributed by atoms with van der Waals surface area (Å²) in [5, 5.41) is 10.3. The number of hydrogen-bond donors (Lipinski definition) is 2. The SMILES string of the molecule is C[C@@H]1Cc2c(C(=O)N3CCCNC(=O)C34CCC4)n[nH]c2[C@H](C)O1. The van der Waals surface area contributed by atoms with Crippen molar-refractivity contribution >= 4 is 11.8 Å². The molecule has 1 aromatic heterocycles. The van der Waals surface area contributed by atoms with Crippen LogP contribution in [-0.4, -0.2) is 51.6 Å². The molecule has 2 fully saturated rings.